The van der Waals surface area contributed by atoms with Crippen molar-refractivity contribution in [3.63, 3.8) is 0 Å². The van der Waals surface area contributed by atoms with Crippen molar-refractivity contribution in [2.45, 2.75) is 37.3 Å². The molecule has 0 radical (unpaired) electrons. The molecule has 0 saturated carbocycles. The summed E-state index contributed by atoms with van der Waals surface area (Å²) in [5.74, 6) is -12.8. The molecule has 2 aromatic heterocycles. The van der Waals surface area contributed by atoms with Gasteiger partial charge in [-0.05, 0) is 12.1 Å². The molecule has 35 heavy (non-hydrogen) atoms. The van der Waals surface area contributed by atoms with Crippen LogP contribution >= 0.6 is 0 Å². The summed E-state index contributed by atoms with van der Waals surface area (Å²) in [5, 5.41) is 11.3. The molecular formula is C19H19F5N4O5SSi. The molecule has 0 unspecified atom stereocenters. The normalized spacial score (nSPS) is 12.3. The fourth-order valence-electron chi connectivity index (χ4n) is 3.03. The van der Waals surface area contributed by atoms with E-state index in [2.05, 4.69) is 24.6 Å². The summed E-state index contributed by atoms with van der Waals surface area (Å²) in [6.45, 7) is 6.81. The molecule has 0 fully saturated rings. The Labute approximate surface area is 196 Å². The average Bonchev–Trinajstić information content (AvgIpc) is 3.16. The summed E-state index contributed by atoms with van der Waals surface area (Å²) in [6, 6.07) is 2.08. The second-order valence-corrected chi connectivity index (χ2v) is 15.9. The van der Waals surface area contributed by atoms with Gasteiger partial charge in [-0.2, -0.15) is 0 Å². The predicted octanol–water partition coefficient (Wildman–Crippen LogP) is 4.75. The maximum atomic E-state index is 14.1. The fourth-order valence-corrected chi connectivity index (χ4v) is 5.02. The monoisotopic (exact) mass is 538 g/mol. The van der Waals surface area contributed by atoms with Crippen molar-refractivity contribution in [1.29, 1.82) is 0 Å². The summed E-state index contributed by atoms with van der Waals surface area (Å²) in [4.78, 5) is 12.2. The number of ether oxygens (including phenoxy) is 1. The highest BCUT2D eigenvalue weighted by atomic mass is 32.2. The van der Waals surface area contributed by atoms with E-state index in [1.165, 1.54) is 16.8 Å². The molecule has 0 aliphatic heterocycles. The molecular weight excluding hydrogens is 519 g/mol. The number of hydrogen-bond donors (Lipinski definition) is 1. The smallest absolute Gasteiger partial charge is 0.312 e. The zero-order chi connectivity index (χ0) is 26.3. The minimum absolute atomic E-state index is 0.0127. The van der Waals surface area contributed by atoms with Gasteiger partial charge in [-0.15, -0.1) is 0 Å². The van der Waals surface area contributed by atoms with Crippen molar-refractivity contribution in [3.05, 3.63) is 57.7 Å². The summed E-state index contributed by atoms with van der Waals surface area (Å²) in [7, 11) is -6.91. The summed E-state index contributed by atoms with van der Waals surface area (Å²) in [6.07, 6.45) is 2.07. The first-order chi connectivity index (χ1) is 16.2. The highest BCUT2D eigenvalue weighted by Crippen LogP contribution is 2.35. The lowest BCUT2D eigenvalue weighted by Gasteiger charge is -2.15. The number of aromatic nitrogens is 2. The molecule has 1 N–H and O–H groups in total. The molecule has 0 aliphatic rings. The van der Waals surface area contributed by atoms with E-state index in [-0.39, 0.29) is 17.8 Å². The van der Waals surface area contributed by atoms with E-state index in [0.29, 0.717) is 12.8 Å². The van der Waals surface area contributed by atoms with Gasteiger partial charge >= 0.3 is 5.69 Å². The van der Waals surface area contributed by atoms with Crippen LogP contribution in [-0.2, 0) is 21.5 Å². The van der Waals surface area contributed by atoms with Crippen LogP contribution in [0.15, 0.2) is 23.4 Å². The number of fused-ring (bicyclic) bond motifs is 1. The molecule has 3 rings (SSSR count). The van der Waals surface area contributed by atoms with E-state index >= 15 is 0 Å². The van der Waals surface area contributed by atoms with Gasteiger partial charge in [-0.25, -0.2) is 35.4 Å². The van der Waals surface area contributed by atoms with Crippen molar-refractivity contribution >= 4 is 40.5 Å². The Bertz CT molecular complexity index is 1400. The molecule has 0 aliphatic carbocycles. The first-order valence-corrected chi connectivity index (χ1v) is 15.1. The van der Waals surface area contributed by atoms with E-state index in [4.69, 9.17) is 4.74 Å². The lowest BCUT2D eigenvalue weighted by Crippen LogP contribution is -2.22. The van der Waals surface area contributed by atoms with Crippen molar-refractivity contribution in [3.8, 4) is 0 Å². The van der Waals surface area contributed by atoms with E-state index in [0.717, 1.165) is 6.04 Å². The number of halogens is 5. The molecule has 0 bridgehead atoms. The van der Waals surface area contributed by atoms with Crippen molar-refractivity contribution in [2.75, 3.05) is 11.3 Å². The molecule has 16 heteroatoms. The average molecular weight is 539 g/mol. The van der Waals surface area contributed by atoms with Gasteiger partial charge in [0.15, 0.2) is 28.2 Å². The number of anilines is 1. The van der Waals surface area contributed by atoms with E-state index in [1.54, 1.807) is 4.72 Å². The molecule has 0 atom stereocenters. The third-order valence-corrected chi connectivity index (χ3v) is 7.94. The van der Waals surface area contributed by atoms with Crippen LogP contribution in [0.5, 0.6) is 0 Å². The van der Waals surface area contributed by atoms with E-state index in [1.807, 2.05) is 0 Å². The predicted molar refractivity (Wildman–Crippen MR) is 118 cm³/mol. The molecule has 3 aromatic rings. The Balaban J connectivity index is 2.06. The Morgan fingerprint density at radius 1 is 1.09 bits per heavy atom. The van der Waals surface area contributed by atoms with Crippen LogP contribution < -0.4 is 4.72 Å². The standard InChI is InChI=1S/C19H19F5N4O5SSi/c1-35(2,3)7-6-33-9-27-5-4-10-17(11(28(29)30)8-25-19(10)27)26-34(31,32)18-15(23)13(21)12(20)14(22)16(18)24/h4-5,8H,6-7,9H2,1-3H3,(H,25,26). The summed E-state index contributed by atoms with van der Waals surface area (Å²) < 4.78 is 103. The number of nitrogens with one attached hydrogen (secondary N) is 1. The van der Waals surface area contributed by atoms with Crippen molar-refractivity contribution < 1.29 is 40.0 Å². The molecule has 9 nitrogen and oxygen atoms in total. The van der Waals surface area contributed by atoms with E-state index < -0.39 is 68.4 Å². The number of benzene rings is 1. The van der Waals surface area contributed by atoms with Crippen LogP contribution in [0.2, 0.25) is 25.7 Å². The molecule has 0 spiro atoms. The maximum absolute atomic E-state index is 14.1. The molecule has 1 aromatic carbocycles. The lowest BCUT2D eigenvalue weighted by atomic mass is 10.2. The minimum atomic E-state index is -5.53. The Morgan fingerprint density at radius 3 is 2.20 bits per heavy atom. The van der Waals surface area contributed by atoms with Crippen LogP contribution in [0.1, 0.15) is 0 Å². The summed E-state index contributed by atoms with van der Waals surface area (Å²) >= 11 is 0. The third-order valence-electron chi connectivity index (χ3n) is 4.87. The van der Waals surface area contributed by atoms with Gasteiger partial charge in [-0.3, -0.25) is 14.8 Å². The van der Waals surface area contributed by atoms with Gasteiger partial charge in [0.2, 0.25) is 5.82 Å². The summed E-state index contributed by atoms with van der Waals surface area (Å²) in [5.41, 5.74) is -1.68. The van der Waals surface area contributed by atoms with Crippen LogP contribution in [0.25, 0.3) is 11.0 Å². The van der Waals surface area contributed by atoms with Gasteiger partial charge in [0.25, 0.3) is 10.0 Å². The number of sulfonamides is 1. The van der Waals surface area contributed by atoms with Gasteiger partial charge in [0.05, 0.1) is 10.3 Å². The highest BCUT2D eigenvalue weighted by Gasteiger charge is 2.35. The van der Waals surface area contributed by atoms with Crippen LogP contribution in [0.4, 0.5) is 33.3 Å². The van der Waals surface area contributed by atoms with Gasteiger partial charge in [0.1, 0.15) is 24.3 Å². The second kappa shape index (κ2) is 9.50. The van der Waals surface area contributed by atoms with Crippen LogP contribution in [0, 0.1) is 39.2 Å². The van der Waals surface area contributed by atoms with E-state index in [9.17, 15) is 40.5 Å². The van der Waals surface area contributed by atoms with Gasteiger partial charge < -0.3 is 9.30 Å². The number of nitrogens with zero attached hydrogens (tertiary/aromatic N) is 3. The first-order valence-electron chi connectivity index (χ1n) is 9.90. The number of rotatable bonds is 9. The molecule has 0 saturated heterocycles. The molecule has 0 amide bonds. The van der Waals surface area contributed by atoms with Crippen molar-refractivity contribution in [1.82, 2.24) is 9.55 Å². The Hall–Kier alpha value is -3.11. The maximum Gasteiger partial charge on any atom is 0.312 e. The number of hydrogen-bond acceptors (Lipinski definition) is 6. The van der Waals surface area contributed by atoms with Crippen LogP contribution in [0.3, 0.4) is 0 Å². The lowest BCUT2D eigenvalue weighted by molar-refractivity contribution is -0.384. The zero-order valence-corrected chi connectivity index (χ0v) is 20.4. The third kappa shape index (κ3) is 5.28. The minimum Gasteiger partial charge on any atom is -0.361 e. The number of pyridine rings is 1. The molecule has 2 heterocycles. The fraction of sp³-hybridized carbons (Fsp3) is 0.316. The zero-order valence-electron chi connectivity index (χ0n) is 18.5. The van der Waals surface area contributed by atoms with Crippen molar-refractivity contribution in [2.24, 2.45) is 0 Å². The van der Waals surface area contributed by atoms with Gasteiger partial charge in [0, 0.05) is 20.9 Å². The highest BCUT2D eigenvalue weighted by molar-refractivity contribution is 7.92. The largest absolute Gasteiger partial charge is 0.361 e. The Kier molecular flexibility index (Phi) is 7.19. The SMILES string of the molecule is C[Si](C)(C)CCOCn1ccc2c(NS(=O)(=O)c3c(F)c(F)c(F)c(F)c3F)c([N+](=O)[O-])cnc21. The van der Waals surface area contributed by atoms with Crippen LogP contribution in [-0.4, -0.2) is 37.6 Å². The number of nitro groups is 1. The quantitative estimate of drug-likeness (QED) is 0.0799. The molecule has 190 valence electrons. The topological polar surface area (TPSA) is 116 Å². The van der Waals surface area contributed by atoms with Gasteiger partial charge in [-0.1, -0.05) is 19.6 Å². The first kappa shape index (κ1) is 26.5. The Morgan fingerprint density at radius 2 is 1.66 bits per heavy atom. The second-order valence-electron chi connectivity index (χ2n) is 8.65.